The second kappa shape index (κ2) is 7.33. The highest BCUT2D eigenvalue weighted by Crippen LogP contribution is 2.13. The molecule has 1 amide bonds. The number of rotatable bonds is 6. The number of thiophene rings is 1. The van der Waals surface area contributed by atoms with Crippen LogP contribution < -0.4 is 10.9 Å². The number of nitrogens with one attached hydrogen (secondary N) is 1. The van der Waals surface area contributed by atoms with Crippen molar-refractivity contribution in [1.29, 1.82) is 0 Å². The van der Waals surface area contributed by atoms with Gasteiger partial charge in [-0.1, -0.05) is 6.07 Å². The number of carbonyl (C=O) groups is 1. The van der Waals surface area contributed by atoms with Crippen LogP contribution in [0.3, 0.4) is 0 Å². The predicted octanol–water partition coefficient (Wildman–Crippen LogP) is 1.36. The molecule has 0 aliphatic carbocycles. The van der Waals surface area contributed by atoms with Crippen molar-refractivity contribution < 1.29 is 9.53 Å². The number of fused-ring (bicyclic) bond motifs is 1. The van der Waals surface area contributed by atoms with Crippen molar-refractivity contribution in [3.8, 4) is 0 Å². The van der Waals surface area contributed by atoms with Gasteiger partial charge >= 0.3 is 0 Å². The van der Waals surface area contributed by atoms with Crippen molar-refractivity contribution >= 4 is 27.5 Å². The molecule has 8 heteroatoms. The molecule has 0 aromatic carbocycles. The van der Waals surface area contributed by atoms with E-state index < -0.39 is 0 Å². The molecule has 0 aliphatic heterocycles. The van der Waals surface area contributed by atoms with Crippen LogP contribution in [-0.4, -0.2) is 34.2 Å². The monoisotopic (exact) mass is 344 g/mol. The third kappa shape index (κ3) is 3.50. The zero-order chi connectivity index (χ0) is 16.9. The van der Waals surface area contributed by atoms with Gasteiger partial charge in [-0.2, -0.15) is 0 Å². The molecule has 3 aromatic heterocycles. The first kappa shape index (κ1) is 16.3. The lowest BCUT2D eigenvalue weighted by Gasteiger charge is -2.17. The number of amides is 1. The zero-order valence-corrected chi connectivity index (χ0v) is 13.8. The second-order valence-corrected chi connectivity index (χ2v) is 6.06. The van der Waals surface area contributed by atoms with Gasteiger partial charge in [-0.15, -0.1) is 11.3 Å². The van der Waals surface area contributed by atoms with Gasteiger partial charge in [0.05, 0.1) is 30.2 Å². The van der Waals surface area contributed by atoms with E-state index in [-0.39, 0.29) is 24.1 Å². The van der Waals surface area contributed by atoms with Gasteiger partial charge in [0.1, 0.15) is 11.2 Å². The fourth-order valence-corrected chi connectivity index (χ4v) is 3.13. The van der Waals surface area contributed by atoms with E-state index in [0.717, 1.165) is 0 Å². The van der Waals surface area contributed by atoms with E-state index in [4.69, 9.17) is 4.74 Å². The third-order valence-corrected chi connectivity index (χ3v) is 4.35. The van der Waals surface area contributed by atoms with Crippen LogP contribution in [0.25, 0.3) is 10.2 Å². The van der Waals surface area contributed by atoms with Gasteiger partial charge in [0.2, 0.25) is 5.91 Å². The SMILES string of the molecule is COC[C@@H](NC(=O)Cn1cnc2ccsc2c1=O)c1ccccn1. The zero-order valence-electron chi connectivity index (χ0n) is 13.0. The molecule has 7 nitrogen and oxygen atoms in total. The minimum atomic E-state index is -0.377. The van der Waals surface area contributed by atoms with Crippen LogP contribution in [0.5, 0.6) is 0 Å². The topological polar surface area (TPSA) is 86.1 Å². The fraction of sp³-hybridized carbons (Fsp3) is 0.250. The van der Waals surface area contributed by atoms with Gasteiger partial charge in [0.25, 0.3) is 5.56 Å². The number of carbonyl (C=O) groups excluding carboxylic acids is 1. The second-order valence-electron chi connectivity index (χ2n) is 5.14. The summed E-state index contributed by atoms with van der Waals surface area (Å²) >= 11 is 1.32. The molecule has 0 radical (unpaired) electrons. The Labute approximate surface area is 141 Å². The van der Waals surface area contributed by atoms with E-state index in [1.54, 1.807) is 30.8 Å². The Kier molecular flexibility index (Phi) is 4.97. The highest BCUT2D eigenvalue weighted by atomic mass is 32.1. The molecule has 1 atom stereocenters. The van der Waals surface area contributed by atoms with E-state index in [1.165, 1.54) is 22.2 Å². The van der Waals surface area contributed by atoms with E-state index in [0.29, 0.717) is 22.5 Å². The molecular formula is C16H16N4O3S. The number of aromatic nitrogens is 3. The average molecular weight is 344 g/mol. The highest BCUT2D eigenvalue weighted by Gasteiger charge is 2.16. The first-order chi connectivity index (χ1) is 11.7. The molecule has 0 aliphatic rings. The number of nitrogens with zero attached hydrogens (tertiary/aromatic N) is 3. The summed E-state index contributed by atoms with van der Waals surface area (Å²) in [6.07, 6.45) is 3.05. The van der Waals surface area contributed by atoms with Crippen LogP contribution in [0, 0.1) is 0 Å². The lowest BCUT2D eigenvalue weighted by molar-refractivity contribution is -0.122. The molecular weight excluding hydrogens is 328 g/mol. The highest BCUT2D eigenvalue weighted by molar-refractivity contribution is 7.17. The molecule has 0 saturated carbocycles. The van der Waals surface area contributed by atoms with Gasteiger partial charge in [-0.3, -0.25) is 19.1 Å². The summed E-state index contributed by atoms with van der Waals surface area (Å²) < 4.78 is 6.99. The lowest BCUT2D eigenvalue weighted by atomic mass is 10.2. The number of hydrogen-bond donors (Lipinski definition) is 1. The van der Waals surface area contributed by atoms with Crippen LogP contribution in [0.1, 0.15) is 11.7 Å². The Morgan fingerprint density at radius 1 is 1.38 bits per heavy atom. The average Bonchev–Trinajstić information content (AvgIpc) is 3.07. The number of hydrogen-bond acceptors (Lipinski definition) is 6. The van der Waals surface area contributed by atoms with Gasteiger partial charge < -0.3 is 10.1 Å². The van der Waals surface area contributed by atoms with E-state index >= 15 is 0 Å². The number of methoxy groups -OCH3 is 1. The molecule has 124 valence electrons. The molecule has 24 heavy (non-hydrogen) atoms. The van der Waals surface area contributed by atoms with Crippen molar-refractivity contribution in [2.75, 3.05) is 13.7 Å². The van der Waals surface area contributed by atoms with Gasteiger partial charge in [-0.05, 0) is 23.6 Å². The maximum atomic E-state index is 12.3. The first-order valence-corrected chi connectivity index (χ1v) is 8.19. The third-order valence-electron chi connectivity index (χ3n) is 3.46. The smallest absolute Gasteiger partial charge is 0.271 e. The van der Waals surface area contributed by atoms with E-state index in [9.17, 15) is 9.59 Å². The van der Waals surface area contributed by atoms with Gasteiger partial charge in [0.15, 0.2) is 0 Å². The van der Waals surface area contributed by atoms with Crippen molar-refractivity contribution in [3.63, 3.8) is 0 Å². The quantitative estimate of drug-likeness (QED) is 0.730. The molecule has 3 aromatic rings. The normalized spacial score (nSPS) is 12.2. The number of pyridine rings is 1. The molecule has 1 N–H and O–H groups in total. The molecule has 0 unspecified atom stereocenters. The summed E-state index contributed by atoms with van der Waals surface area (Å²) in [6.45, 7) is 0.187. The van der Waals surface area contributed by atoms with Crippen LogP contribution >= 0.6 is 11.3 Å². The largest absolute Gasteiger partial charge is 0.382 e. The van der Waals surface area contributed by atoms with E-state index in [2.05, 4.69) is 15.3 Å². The van der Waals surface area contributed by atoms with Crippen molar-refractivity contribution in [2.45, 2.75) is 12.6 Å². The summed E-state index contributed by atoms with van der Waals surface area (Å²) in [5.41, 5.74) is 1.13. The first-order valence-electron chi connectivity index (χ1n) is 7.31. The fourth-order valence-electron chi connectivity index (χ4n) is 2.34. The molecule has 3 rings (SSSR count). The summed E-state index contributed by atoms with van der Waals surface area (Å²) in [5, 5.41) is 4.65. The van der Waals surface area contributed by atoms with E-state index in [1.807, 2.05) is 12.1 Å². The Morgan fingerprint density at radius 3 is 3.00 bits per heavy atom. The molecule has 0 spiro atoms. The summed E-state index contributed by atoms with van der Waals surface area (Å²) in [7, 11) is 1.56. The standard InChI is InChI=1S/C16H16N4O3S/c1-23-9-13(11-4-2-3-6-17-11)19-14(21)8-20-10-18-12-5-7-24-15(12)16(20)22/h2-7,10,13H,8-9H2,1H3,(H,19,21)/t13-/m1/s1. The Hall–Kier alpha value is -2.58. The minimum absolute atomic E-state index is 0.104. The Balaban J connectivity index is 1.75. The van der Waals surface area contributed by atoms with Gasteiger partial charge in [0, 0.05) is 13.3 Å². The van der Waals surface area contributed by atoms with Crippen LogP contribution in [0.4, 0.5) is 0 Å². The molecule has 0 fully saturated rings. The Morgan fingerprint density at radius 2 is 2.25 bits per heavy atom. The summed E-state index contributed by atoms with van der Waals surface area (Å²) in [6, 6.07) is 6.86. The molecule has 0 saturated heterocycles. The van der Waals surface area contributed by atoms with Crippen LogP contribution in [0.2, 0.25) is 0 Å². The van der Waals surface area contributed by atoms with Gasteiger partial charge in [-0.25, -0.2) is 4.98 Å². The summed E-state index contributed by atoms with van der Waals surface area (Å²) in [4.78, 5) is 33.1. The Bertz CT molecular complexity index is 891. The van der Waals surface area contributed by atoms with Crippen molar-refractivity contribution in [1.82, 2.24) is 19.9 Å². The van der Waals surface area contributed by atoms with Crippen LogP contribution in [-0.2, 0) is 16.1 Å². The maximum absolute atomic E-state index is 12.3. The van der Waals surface area contributed by atoms with Crippen LogP contribution in [0.15, 0.2) is 47.0 Å². The van der Waals surface area contributed by atoms with Crippen molar-refractivity contribution in [2.24, 2.45) is 0 Å². The van der Waals surface area contributed by atoms with Crippen molar-refractivity contribution in [3.05, 3.63) is 58.2 Å². The number of ether oxygens (including phenoxy) is 1. The molecule has 0 bridgehead atoms. The molecule has 3 heterocycles. The minimum Gasteiger partial charge on any atom is -0.382 e. The predicted molar refractivity (Wildman–Crippen MR) is 90.9 cm³/mol. The lowest BCUT2D eigenvalue weighted by Crippen LogP contribution is -2.36. The summed E-state index contributed by atoms with van der Waals surface area (Å²) in [5.74, 6) is -0.303. The maximum Gasteiger partial charge on any atom is 0.271 e.